The molecule has 3 aliphatic heterocycles. The number of aromatic nitrogens is 2. The first-order chi connectivity index (χ1) is 24.8. The topological polar surface area (TPSA) is 86.3 Å². The summed E-state index contributed by atoms with van der Waals surface area (Å²) in [5.41, 5.74) is 3.04. The monoisotopic (exact) mass is 691 g/mol. The number of nitrogens with one attached hydrogen (secondary N) is 1. The molecule has 0 unspecified atom stereocenters. The van der Waals surface area contributed by atoms with E-state index in [-0.39, 0.29) is 6.09 Å². The Labute approximate surface area is 302 Å². The Balaban J connectivity index is 1.03. The van der Waals surface area contributed by atoms with Crippen LogP contribution in [0, 0.1) is 5.92 Å². The molecule has 10 heteroatoms. The number of anilines is 3. The third kappa shape index (κ3) is 9.22. The maximum atomic E-state index is 12.5. The van der Waals surface area contributed by atoms with Gasteiger partial charge in [-0.05, 0) is 82.2 Å². The van der Waals surface area contributed by atoms with Crippen LogP contribution in [0.4, 0.5) is 22.2 Å². The number of benzene rings is 3. The SMILES string of the molecule is CC(C)(C)OC(=O)N1CCC(COc2ccc3c(NC4CCN(Cc5ccccc5)CC4)nc(N4CCN(c5ccccc5)CC4)nc3c2)CC1. The van der Waals surface area contributed by atoms with Crippen LogP contribution in [0.25, 0.3) is 10.9 Å². The van der Waals surface area contributed by atoms with E-state index in [1.165, 1.54) is 11.3 Å². The van der Waals surface area contributed by atoms with Gasteiger partial charge in [0.2, 0.25) is 5.95 Å². The molecule has 3 saturated heterocycles. The van der Waals surface area contributed by atoms with Gasteiger partial charge in [0.25, 0.3) is 0 Å². The number of nitrogens with zero attached hydrogens (tertiary/aromatic N) is 6. The van der Waals surface area contributed by atoms with Crippen LogP contribution in [0.15, 0.2) is 78.9 Å². The fourth-order valence-electron chi connectivity index (χ4n) is 7.33. The smallest absolute Gasteiger partial charge is 0.410 e. The lowest BCUT2D eigenvalue weighted by Gasteiger charge is -2.36. The largest absolute Gasteiger partial charge is 0.493 e. The third-order valence-electron chi connectivity index (χ3n) is 10.3. The van der Waals surface area contributed by atoms with E-state index in [1.54, 1.807) is 0 Å². The maximum Gasteiger partial charge on any atom is 0.410 e. The van der Waals surface area contributed by atoms with E-state index >= 15 is 0 Å². The summed E-state index contributed by atoms with van der Waals surface area (Å²) in [6.07, 6.45) is 3.70. The Bertz CT molecular complexity index is 1730. The van der Waals surface area contributed by atoms with Gasteiger partial charge in [-0.15, -0.1) is 0 Å². The van der Waals surface area contributed by atoms with Crippen LogP contribution in [0.2, 0.25) is 0 Å². The molecule has 3 aromatic carbocycles. The highest BCUT2D eigenvalue weighted by atomic mass is 16.6. The summed E-state index contributed by atoms with van der Waals surface area (Å²) >= 11 is 0. The number of carbonyl (C=O) groups excluding carboxylic acids is 1. The third-order valence-corrected chi connectivity index (χ3v) is 10.3. The van der Waals surface area contributed by atoms with E-state index < -0.39 is 5.60 Å². The molecule has 0 atom stereocenters. The molecular formula is C41H53N7O3. The van der Waals surface area contributed by atoms with Crippen LogP contribution >= 0.6 is 0 Å². The average molecular weight is 692 g/mol. The second kappa shape index (κ2) is 15.8. The average Bonchev–Trinajstić information content (AvgIpc) is 3.15. The van der Waals surface area contributed by atoms with E-state index in [2.05, 4.69) is 92.8 Å². The van der Waals surface area contributed by atoms with Crippen molar-refractivity contribution in [3.63, 3.8) is 0 Å². The molecule has 4 heterocycles. The molecule has 10 nitrogen and oxygen atoms in total. The van der Waals surface area contributed by atoms with Crippen LogP contribution < -0.4 is 19.9 Å². The van der Waals surface area contributed by atoms with Crippen LogP contribution in [0.1, 0.15) is 52.0 Å². The molecule has 0 bridgehead atoms. The molecule has 0 spiro atoms. The van der Waals surface area contributed by atoms with Gasteiger partial charge in [-0.25, -0.2) is 9.78 Å². The summed E-state index contributed by atoms with van der Waals surface area (Å²) < 4.78 is 12.0. The standard InChI is InChI=1S/C41H53N7O3/c1-41(2,3)51-40(49)48-22-16-32(17-23-48)30-50-35-14-15-36-37(28-35)43-39(47-26-24-46(25-27-47)34-12-8-5-9-13-34)44-38(36)42-33-18-20-45(21-19-33)29-31-10-6-4-7-11-31/h4-15,28,32-33H,16-27,29-30H2,1-3H3,(H,42,43,44). The molecule has 3 fully saturated rings. The van der Waals surface area contributed by atoms with Crippen molar-refractivity contribution in [2.24, 2.45) is 5.92 Å². The highest BCUT2D eigenvalue weighted by Crippen LogP contribution is 2.31. The van der Waals surface area contributed by atoms with Crippen molar-refractivity contribution < 1.29 is 14.3 Å². The predicted octanol–water partition coefficient (Wildman–Crippen LogP) is 7.06. The molecule has 1 amide bonds. The van der Waals surface area contributed by atoms with Gasteiger partial charge in [-0.3, -0.25) is 4.90 Å². The molecule has 3 aliphatic rings. The molecule has 4 aromatic rings. The van der Waals surface area contributed by atoms with E-state index in [4.69, 9.17) is 19.4 Å². The van der Waals surface area contributed by atoms with Gasteiger partial charge in [0.05, 0.1) is 12.1 Å². The molecule has 0 radical (unpaired) electrons. The first-order valence-corrected chi connectivity index (χ1v) is 18.8. The van der Waals surface area contributed by atoms with Gasteiger partial charge in [0, 0.05) is 82.1 Å². The van der Waals surface area contributed by atoms with Crippen LogP contribution in [0.3, 0.4) is 0 Å². The number of piperidine rings is 2. The molecule has 1 aromatic heterocycles. The zero-order chi connectivity index (χ0) is 35.2. The Morgan fingerprint density at radius 1 is 0.784 bits per heavy atom. The Morgan fingerprint density at radius 2 is 1.45 bits per heavy atom. The molecule has 51 heavy (non-hydrogen) atoms. The second-order valence-corrected chi connectivity index (χ2v) is 15.3. The van der Waals surface area contributed by atoms with Gasteiger partial charge < -0.3 is 29.5 Å². The lowest BCUT2D eigenvalue weighted by molar-refractivity contribution is 0.0165. The number of para-hydroxylation sites is 1. The normalized spacial score (nSPS) is 18.2. The zero-order valence-electron chi connectivity index (χ0n) is 30.5. The summed E-state index contributed by atoms with van der Waals surface area (Å²) in [7, 11) is 0. The summed E-state index contributed by atoms with van der Waals surface area (Å²) in [6, 6.07) is 28.0. The van der Waals surface area contributed by atoms with E-state index in [0.29, 0.717) is 31.7 Å². The molecule has 0 aliphatic carbocycles. The predicted molar refractivity (Wildman–Crippen MR) is 205 cm³/mol. The molecule has 1 N–H and O–H groups in total. The van der Waals surface area contributed by atoms with Crippen LogP contribution in [-0.2, 0) is 11.3 Å². The zero-order valence-corrected chi connectivity index (χ0v) is 30.5. The molecular weight excluding hydrogens is 638 g/mol. The minimum absolute atomic E-state index is 0.226. The van der Waals surface area contributed by atoms with Crippen molar-refractivity contribution in [3.8, 4) is 5.75 Å². The summed E-state index contributed by atoms with van der Waals surface area (Å²) in [5.74, 6) is 2.87. The second-order valence-electron chi connectivity index (χ2n) is 15.3. The van der Waals surface area contributed by atoms with E-state index in [9.17, 15) is 4.79 Å². The van der Waals surface area contributed by atoms with Crippen molar-refractivity contribution in [2.45, 2.75) is 64.6 Å². The number of rotatable bonds is 9. The van der Waals surface area contributed by atoms with Crippen molar-refractivity contribution in [1.82, 2.24) is 19.8 Å². The highest BCUT2D eigenvalue weighted by molar-refractivity contribution is 5.91. The van der Waals surface area contributed by atoms with Crippen LogP contribution in [0.5, 0.6) is 5.75 Å². The van der Waals surface area contributed by atoms with Gasteiger partial charge in [-0.1, -0.05) is 48.5 Å². The maximum absolute atomic E-state index is 12.5. The molecule has 0 saturated carbocycles. The minimum atomic E-state index is -0.484. The molecule has 7 rings (SSSR count). The van der Waals surface area contributed by atoms with Gasteiger partial charge in [-0.2, -0.15) is 4.98 Å². The van der Waals surface area contributed by atoms with Gasteiger partial charge in [0.1, 0.15) is 17.2 Å². The summed E-state index contributed by atoms with van der Waals surface area (Å²) in [4.78, 5) is 32.0. The Morgan fingerprint density at radius 3 is 2.14 bits per heavy atom. The highest BCUT2D eigenvalue weighted by Gasteiger charge is 2.28. The Kier molecular flexibility index (Phi) is 10.8. The van der Waals surface area contributed by atoms with Crippen molar-refractivity contribution in [1.29, 1.82) is 0 Å². The number of likely N-dealkylation sites (tertiary alicyclic amines) is 2. The fourth-order valence-corrected chi connectivity index (χ4v) is 7.33. The minimum Gasteiger partial charge on any atom is -0.493 e. The number of amides is 1. The van der Waals surface area contributed by atoms with Gasteiger partial charge >= 0.3 is 6.09 Å². The van der Waals surface area contributed by atoms with Gasteiger partial charge in [0.15, 0.2) is 0 Å². The lowest BCUT2D eigenvalue weighted by Crippen LogP contribution is -2.47. The number of carbonyl (C=O) groups is 1. The number of fused-ring (bicyclic) bond motifs is 1. The van der Waals surface area contributed by atoms with E-state index in [1.807, 2.05) is 31.7 Å². The van der Waals surface area contributed by atoms with Crippen LogP contribution in [-0.4, -0.2) is 96.5 Å². The first-order valence-electron chi connectivity index (χ1n) is 18.8. The summed E-state index contributed by atoms with van der Waals surface area (Å²) in [5, 5.41) is 4.87. The Hall–Kier alpha value is -4.57. The fraction of sp³-hybridized carbons (Fsp3) is 0.488. The van der Waals surface area contributed by atoms with Crippen molar-refractivity contribution >= 4 is 34.4 Å². The quantitative estimate of drug-likeness (QED) is 0.198. The number of hydrogen-bond acceptors (Lipinski definition) is 9. The number of hydrogen-bond donors (Lipinski definition) is 1. The summed E-state index contributed by atoms with van der Waals surface area (Å²) in [6.45, 7) is 14.4. The number of ether oxygens (including phenoxy) is 2. The molecule has 270 valence electrons. The lowest BCUT2D eigenvalue weighted by atomic mass is 9.98. The van der Waals surface area contributed by atoms with E-state index in [0.717, 1.165) is 99.9 Å². The first kappa shape index (κ1) is 34.9. The number of piperazine rings is 1. The van der Waals surface area contributed by atoms with Crippen molar-refractivity contribution in [2.75, 3.05) is 74.1 Å². The van der Waals surface area contributed by atoms with Crippen molar-refractivity contribution in [3.05, 3.63) is 84.4 Å².